The summed E-state index contributed by atoms with van der Waals surface area (Å²) in [7, 11) is 3.92. The third-order valence-corrected chi connectivity index (χ3v) is 6.75. The Balaban J connectivity index is 1.80. The Labute approximate surface area is 131 Å². The van der Waals surface area contributed by atoms with Gasteiger partial charge in [0.2, 0.25) is 0 Å². The van der Waals surface area contributed by atoms with E-state index < -0.39 is 0 Å². The van der Waals surface area contributed by atoms with Gasteiger partial charge >= 0.3 is 0 Å². The van der Waals surface area contributed by atoms with Crippen molar-refractivity contribution < 1.29 is 14.6 Å². The summed E-state index contributed by atoms with van der Waals surface area (Å²) in [5, 5.41) is 10.8. The second kappa shape index (κ2) is 4.18. The lowest BCUT2D eigenvalue weighted by Crippen LogP contribution is -2.67. The van der Waals surface area contributed by atoms with E-state index in [0.29, 0.717) is 12.0 Å². The van der Waals surface area contributed by atoms with Gasteiger partial charge in [-0.05, 0) is 50.9 Å². The van der Waals surface area contributed by atoms with Crippen molar-refractivity contribution in [2.45, 2.75) is 49.3 Å². The summed E-state index contributed by atoms with van der Waals surface area (Å²) < 4.78 is 12.0. The number of hydrogen-bond acceptors (Lipinski definition) is 4. The molecule has 1 spiro atoms. The van der Waals surface area contributed by atoms with Gasteiger partial charge in [-0.2, -0.15) is 0 Å². The molecule has 2 aliphatic heterocycles. The molecule has 1 N–H and O–H groups in total. The van der Waals surface area contributed by atoms with Crippen molar-refractivity contribution in [2.24, 2.45) is 5.92 Å². The van der Waals surface area contributed by atoms with Crippen LogP contribution in [0.4, 0.5) is 0 Å². The number of hydrogen-bond donors (Lipinski definition) is 1. The summed E-state index contributed by atoms with van der Waals surface area (Å²) in [5.41, 5.74) is 2.77. The van der Waals surface area contributed by atoms with Crippen molar-refractivity contribution in [3.05, 3.63) is 23.3 Å². The second-order valence-corrected chi connectivity index (χ2v) is 7.45. The molecule has 0 amide bonds. The number of aliphatic hydroxyl groups excluding tert-OH is 1. The minimum atomic E-state index is -0.210. The number of methoxy groups -OCH3 is 1. The zero-order valence-electron chi connectivity index (χ0n) is 13.2. The van der Waals surface area contributed by atoms with Crippen molar-refractivity contribution in [1.82, 2.24) is 4.90 Å². The topological polar surface area (TPSA) is 41.9 Å². The molecule has 2 aliphatic carbocycles. The van der Waals surface area contributed by atoms with Gasteiger partial charge in [-0.25, -0.2) is 0 Å². The third kappa shape index (κ3) is 1.32. The number of rotatable bonds is 1. The minimum absolute atomic E-state index is 0.00625. The first-order valence-electron chi connectivity index (χ1n) is 8.42. The predicted molar refractivity (Wildman–Crippen MR) is 82.6 cm³/mol. The normalized spacial score (nSPS) is 41.8. The average Bonchev–Trinajstić information content (AvgIpc) is 2.86. The van der Waals surface area contributed by atoms with E-state index in [-0.39, 0.29) is 17.6 Å². The summed E-state index contributed by atoms with van der Waals surface area (Å²) in [5.74, 6) is 2.12. The molecule has 2 fully saturated rings. The monoisotopic (exact) mass is 301 g/mol. The lowest BCUT2D eigenvalue weighted by atomic mass is 9.51. The van der Waals surface area contributed by atoms with E-state index in [0.717, 1.165) is 43.7 Å². The molecule has 0 radical (unpaired) electrons. The molecule has 4 heteroatoms. The first-order valence-corrected chi connectivity index (χ1v) is 8.42. The Morgan fingerprint density at radius 3 is 3.05 bits per heavy atom. The number of benzene rings is 1. The molecule has 1 saturated carbocycles. The van der Waals surface area contributed by atoms with Crippen molar-refractivity contribution >= 4 is 0 Å². The van der Waals surface area contributed by atoms with Gasteiger partial charge in [0.05, 0.1) is 13.2 Å². The van der Waals surface area contributed by atoms with E-state index in [9.17, 15) is 5.11 Å². The number of likely N-dealkylation sites (tertiary alicyclic amines) is 1. The molecule has 1 aromatic carbocycles. The number of piperidine rings is 1. The molecule has 2 bridgehead atoms. The summed E-state index contributed by atoms with van der Waals surface area (Å²) in [4.78, 5) is 2.45. The van der Waals surface area contributed by atoms with Crippen LogP contribution in [0.5, 0.6) is 11.5 Å². The third-order valence-electron chi connectivity index (χ3n) is 6.75. The van der Waals surface area contributed by atoms with E-state index >= 15 is 0 Å². The first-order chi connectivity index (χ1) is 10.7. The van der Waals surface area contributed by atoms with Crippen LogP contribution in [0.2, 0.25) is 0 Å². The molecular weight excluding hydrogens is 278 g/mol. The molecular formula is C18H23NO3. The summed E-state index contributed by atoms with van der Waals surface area (Å²) in [6.07, 6.45) is 3.90. The Hall–Kier alpha value is -1.26. The van der Waals surface area contributed by atoms with Gasteiger partial charge in [0.1, 0.15) is 6.10 Å². The molecule has 118 valence electrons. The SMILES string of the molecule is COc1ccc2c3c1O[C@H]1CC[C@H](O)[C@H]4[C@@H](C2)N(C)CC[C@@]341. The van der Waals surface area contributed by atoms with Crippen molar-refractivity contribution in [3.8, 4) is 11.5 Å². The van der Waals surface area contributed by atoms with Crippen molar-refractivity contribution in [1.29, 1.82) is 0 Å². The highest BCUT2D eigenvalue weighted by Gasteiger charge is 2.65. The maximum Gasteiger partial charge on any atom is 0.165 e. The van der Waals surface area contributed by atoms with Gasteiger partial charge in [-0.3, -0.25) is 0 Å². The van der Waals surface area contributed by atoms with Crippen LogP contribution in [0.25, 0.3) is 0 Å². The fourth-order valence-corrected chi connectivity index (χ4v) is 5.88. The van der Waals surface area contributed by atoms with Gasteiger partial charge in [0.15, 0.2) is 11.5 Å². The molecule has 1 saturated heterocycles. The number of likely N-dealkylation sites (N-methyl/N-ethyl adjacent to an activating group) is 1. The largest absolute Gasteiger partial charge is 0.493 e. The Morgan fingerprint density at radius 2 is 2.23 bits per heavy atom. The summed E-state index contributed by atoms with van der Waals surface area (Å²) in [6, 6.07) is 4.70. The first kappa shape index (κ1) is 13.2. The fourth-order valence-electron chi connectivity index (χ4n) is 5.88. The van der Waals surface area contributed by atoms with E-state index in [1.807, 2.05) is 0 Å². The zero-order valence-corrected chi connectivity index (χ0v) is 13.2. The fraction of sp³-hybridized carbons (Fsp3) is 0.667. The Bertz CT molecular complexity index is 645. The lowest BCUT2D eigenvalue weighted by Gasteiger charge is -2.59. The zero-order chi connectivity index (χ0) is 15.1. The van der Waals surface area contributed by atoms with Gasteiger partial charge in [0, 0.05) is 22.9 Å². The molecule has 0 aromatic heterocycles. The van der Waals surface area contributed by atoms with Crippen molar-refractivity contribution in [3.63, 3.8) is 0 Å². The highest BCUT2D eigenvalue weighted by molar-refractivity contribution is 5.61. The van der Waals surface area contributed by atoms with Gasteiger partial charge < -0.3 is 19.5 Å². The molecule has 1 aromatic rings. The van der Waals surface area contributed by atoms with Crippen LogP contribution in [0.15, 0.2) is 12.1 Å². The number of nitrogens with zero attached hydrogens (tertiary/aromatic N) is 1. The van der Waals surface area contributed by atoms with Gasteiger partial charge in [-0.15, -0.1) is 0 Å². The maximum absolute atomic E-state index is 10.8. The van der Waals surface area contributed by atoms with Crippen LogP contribution in [0, 0.1) is 5.92 Å². The highest BCUT2D eigenvalue weighted by Crippen LogP contribution is 2.63. The lowest BCUT2D eigenvalue weighted by molar-refractivity contribution is -0.106. The van der Waals surface area contributed by atoms with E-state index in [1.54, 1.807) is 7.11 Å². The van der Waals surface area contributed by atoms with Gasteiger partial charge in [0.25, 0.3) is 0 Å². The molecule has 5 atom stereocenters. The van der Waals surface area contributed by atoms with Crippen LogP contribution in [-0.4, -0.2) is 49.0 Å². The quantitative estimate of drug-likeness (QED) is 0.858. The van der Waals surface area contributed by atoms with E-state index in [1.165, 1.54) is 11.1 Å². The minimum Gasteiger partial charge on any atom is -0.493 e. The molecule has 4 nitrogen and oxygen atoms in total. The van der Waals surface area contributed by atoms with E-state index in [2.05, 4.69) is 24.1 Å². The summed E-state index contributed by atoms with van der Waals surface area (Å²) in [6.45, 7) is 1.09. The highest BCUT2D eigenvalue weighted by atomic mass is 16.5. The standard InChI is InChI=1S/C18H23NO3/c1-19-8-7-18-14-6-4-12(20)16(18)11(19)9-10-3-5-13(21-2)17(22-14)15(10)18/h3,5,11-12,14,16,20H,4,6-9H2,1-2H3/t11-,12+,14+,16-,18-/m1/s1. The smallest absolute Gasteiger partial charge is 0.165 e. The van der Waals surface area contributed by atoms with Crippen LogP contribution in [0.3, 0.4) is 0 Å². The second-order valence-electron chi connectivity index (χ2n) is 7.45. The van der Waals surface area contributed by atoms with Crippen LogP contribution >= 0.6 is 0 Å². The Morgan fingerprint density at radius 1 is 1.36 bits per heavy atom. The number of ether oxygens (including phenoxy) is 2. The van der Waals surface area contributed by atoms with Crippen LogP contribution < -0.4 is 9.47 Å². The predicted octanol–water partition coefficient (Wildman–Crippen LogP) is 1.73. The number of aliphatic hydroxyl groups is 1. The Kier molecular flexibility index (Phi) is 2.51. The van der Waals surface area contributed by atoms with Crippen molar-refractivity contribution in [2.75, 3.05) is 20.7 Å². The average molecular weight is 301 g/mol. The van der Waals surface area contributed by atoms with Crippen LogP contribution in [0.1, 0.15) is 30.4 Å². The molecule has 4 aliphatic rings. The molecule has 5 rings (SSSR count). The van der Waals surface area contributed by atoms with Gasteiger partial charge in [-0.1, -0.05) is 6.07 Å². The maximum atomic E-state index is 10.8. The molecule has 0 unspecified atom stereocenters. The molecule has 2 heterocycles. The van der Waals surface area contributed by atoms with Crippen LogP contribution in [-0.2, 0) is 11.8 Å². The molecule has 22 heavy (non-hydrogen) atoms. The summed E-state index contributed by atoms with van der Waals surface area (Å²) >= 11 is 0. The van der Waals surface area contributed by atoms with E-state index in [4.69, 9.17) is 9.47 Å².